The zero-order chi connectivity index (χ0) is 25.3. The van der Waals surface area contributed by atoms with Crippen LogP contribution in [0.15, 0.2) is 41.3 Å². The lowest BCUT2D eigenvalue weighted by molar-refractivity contribution is -0.183. The molecule has 0 saturated carbocycles. The Morgan fingerprint density at radius 2 is 1.94 bits per heavy atom. The number of anilines is 2. The number of alkyl halides is 3. The second-order valence-electron chi connectivity index (χ2n) is 9.48. The molecule has 0 amide bonds. The van der Waals surface area contributed by atoms with Gasteiger partial charge < -0.3 is 15.0 Å². The summed E-state index contributed by atoms with van der Waals surface area (Å²) in [6, 6.07) is 8.39. The highest BCUT2D eigenvalue weighted by atomic mass is 19.4. The summed E-state index contributed by atoms with van der Waals surface area (Å²) in [6.07, 6.45) is 0.269. The zero-order valence-corrected chi connectivity index (χ0v) is 19.6. The lowest BCUT2D eigenvalue weighted by Crippen LogP contribution is -2.42. The van der Waals surface area contributed by atoms with E-state index in [1.165, 1.54) is 23.2 Å². The van der Waals surface area contributed by atoms with E-state index >= 15 is 0 Å². The van der Waals surface area contributed by atoms with Crippen molar-refractivity contribution in [1.29, 1.82) is 5.26 Å². The smallest absolute Gasteiger partial charge is 0.379 e. The number of nitriles is 1. The Morgan fingerprint density at radius 1 is 1.19 bits per heavy atom. The Bertz CT molecular complexity index is 1310. The number of pyridine rings is 1. The van der Waals surface area contributed by atoms with Gasteiger partial charge in [-0.25, -0.2) is 0 Å². The van der Waals surface area contributed by atoms with Crippen LogP contribution in [0.5, 0.6) is 0 Å². The van der Waals surface area contributed by atoms with Crippen LogP contribution < -0.4 is 10.9 Å². The van der Waals surface area contributed by atoms with Crippen LogP contribution in [0.3, 0.4) is 0 Å². The van der Waals surface area contributed by atoms with E-state index in [1.807, 2.05) is 0 Å². The molecule has 0 bridgehead atoms. The summed E-state index contributed by atoms with van der Waals surface area (Å²) in [5.41, 5.74) is 0.177. The van der Waals surface area contributed by atoms with Crippen molar-refractivity contribution < 1.29 is 17.9 Å². The average Bonchev–Trinajstić information content (AvgIpc) is 3.50. The Hall–Kier alpha value is -3.36. The first-order valence-electron chi connectivity index (χ1n) is 12.1. The maximum atomic E-state index is 13.9. The minimum atomic E-state index is -4.38. The first-order chi connectivity index (χ1) is 17.3. The third-order valence-electron chi connectivity index (χ3n) is 7.07. The van der Waals surface area contributed by atoms with Crippen LogP contribution in [0.4, 0.5) is 24.7 Å². The van der Waals surface area contributed by atoms with Gasteiger partial charge in [0.2, 0.25) is 0 Å². The molecule has 0 radical (unpaired) electrons. The molecule has 5 rings (SSSR count). The number of likely N-dealkylation sites (tertiary alicyclic amines) is 1. The number of benzene rings is 1. The van der Waals surface area contributed by atoms with Crippen LogP contribution in [-0.4, -0.2) is 52.1 Å². The van der Waals surface area contributed by atoms with E-state index in [9.17, 15) is 23.2 Å². The molecule has 2 atom stereocenters. The monoisotopic (exact) mass is 500 g/mol. The molecule has 11 heteroatoms. The fourth-order valence-electron chi connectivity index (χ4n) is 5.38. The number of fused-ring (bicyclic) bond motifs is 1. The first-order valence-corrected chi connectivity index (χ1v) is 12.1. The number of rotatable bonds is 6. The van der Waals surface area contributed by atoms with Crippen LogP contribution in [0.25, 0.3) is 10.9 Å². The number of halogens is 3. The van der Waals surface area contributed by atoms with Gasteiger partial charge in [0.05, 0.1) is 30.2 Å². The van der Waals surface area contributed by atoms with E-state index < -0.39 is 17.8 Å². The number of hydrogen-bond acceptors (Lipinski definition) is 6. The molecule has 2 fully saturated rings. The molecule has 0 aliphatic carbocycles. The average molecular weight is 501 g/mol. The van der Waals surface area contributed by atoms with Gasteiger partial charge in [-0.1, -0.05) is 12.1 Å². The van der Waals surface area contributed by atoms with Crippen molar-refractivity contribution in [3.8, 4) is 6.07 Å². The van der Waals surface area contributed by atoms with Gasteiger partial charge >= 0.3 is 6.18 Å². The van der Waals surface area contributed by atoms with Crippen molar-refractivity contribution in [3.05, 3.63) is 52.4 Å². The zero-order valence-electron chi connectivity index (χ0n) is 19.6. The number of hydrogen-bond donors (Lipinski definition) is 2. The highest BCUT2D eigenvalue weighted by molar-refractivity contribution is 5.91. The molecule has 4 heterocycles. The highest BCUT2D eigenvalue weighted by Gasteiger charge is 2.45. The van der Waals surface area contributed by atoms with E-state index in [1.54, 1.807) is 22.9 Å². The molecule has 36 heavy (non-hydrogen) atoms. The summed E-state index contributed by atoms with van der Waals surface area (Å²) >= 11 is 0. The highest BCUT2D eigenvalue weighted by Crippen LogP contribution is 2.40. The van der Waals surface area contributed by atoms with E-state index in [2.05, 4.69) is 21.5 Å². The lowest BCUT2D eigenvalue weighted by atomic mass is 9.89. The molecule has 2 aliphatic rings. The summed E-state index contributed by atoms with van der Waals surface area (Å²) in [7, 11) is 0. The van der Waals surface area contributed by atoms with Crippen LogP contribution in [0.2, 0.25) is 0 Å². The van der Waals surface area contributed by atoms with Gasteiger partial charge in [0, 0.05) is 18.5 Å². The van der Waals surface area contributed by atoms with Gasteiger partial charge in [0.1, 0.15) is 11.4 Å². The second kappa shape index (κ2) is 9.59. The van der Waals surface area contributed by atoms with Gasteiger partial charge in [-0.3, -0.25) is 14.4 Å². The molecule has 8 nitrogen and oxygen atoms in total. The summed E-state index contributed by atoms with van der Waals surface area (Å²) < 4.78 is 49.0. The predicted molar refractivity (Wildman–Crippen MR) is 128 cm³/mol. The maximum absolute atomic E-state index is 13.9. The fraction of sp³-hybridized carbons (Fsp3) is 0.480. The van der Waals surface area contributed by atoms with Crippen LogP contribution in [0, 0.1) is 11.3 Å². The van der Waals surface area contributed by atoms with E-state index in [4.69, 9.17) is 4.74 Å². The fourth-order valence-corrected chi connectivity index (χ4v) is 5.38. The Labute approximate surface area is 205 Å². The summed E-state index contributed by atoms with van der Waals surface area (Å²) in [4.78, 5) is 16.9. The number of H-pyrrole nitrogens is 1. The van der Waals surface area contributed by atoms with Gasteiger partial charge in [-0.2, -0.15) is 23.5 Å². The van der Waals surface area contributed by atoms with Crippen molar-refractivity contribution >= 4 is 22.4 Å². The van der Waals surface area contributed by atoms with E-state index in [0.29, 0.717) is 49.3 Å². The topological polar surface area (TPSA) is 99.0 Å². The van der Waals surface area contributed by atoms with Crippen molar-refractivity contribution in [2.45, 2.75) is 49.9 Å². The number of ether oxygens (including phenoxy) is 1. The minimum absolute atomic E-state index is 0.167. The molecule has 1 unspecified atom stereocenters. The number of nitrogens with zero attached hydrogens (tertiary/aromatic N) is 4. The molecule has 190 valence electrons. The van der Waals surface area contributed by atoms with E-state index in [-0.39, 0.29) is 23.4 Å². The van der Waals surface area contributed by atoms with E-state index in [0.717, 1.165) is 19.3 Å². The van der Waals surface area contributed by atoms with Crippen LogP contribution in [0.1, 0.15) is 43.7 Å². The molecule has 3 aromatic rings. The minimum Gasteiger partial charge on any atom is -0.379 e. The lowest BCUT2D eigenvalue weighted by Gasteiger charge is -2.35. The molecule has 2 aliphatic heterocycles. The largest absolute Gasteiger partial charge is 0.408 e. The Morgan fingerprint density at radius 3 is 2.58 bits per heavy atom. The summed E-state index contributed by atoms with van der Waals surface area (Å²) in [5.74, 6) is 0.273. The van der Waals surface area contributed by atoms with Gasteiger partial charge in [0.15, 0.2) is 5.82 Å². The molecule has 0 spiro atoms. The van der Waals surface area contributed by atoms with Gasteiger partial charge in [-0.15, -0.1) is 0 Å². The molecular formula is C25H27F3N6O2. The number of aromatic amines is 1. The summed E-state index contributed by atoms with van der Waals surface area (Å²) in [6.45, 7) is 1.74. The van der Waals surface area contributed by atoms with Crippen LogP contribution >= 0.6 is 0 Å². The quantitative estimate of drug-likeness (QED) is 0.514. The number of nitrogens with one attached hydrogen (secondary N) is 2. The van der Waals surface area contributed by atoms with Gasteiger partial charge in [0.25, 0.3) is 5.56 Å². The molecule has 1 aromatic carbocycles. The molecule has 2 saturated heterocycles. The summed E-state index contributed by atoms with van der Waals surface area (Å²) in [5, 5.41) is 17.6. The van der Waals surface area contributed by atoms with Crippen molar-refractivity contribution in [3.63, 3.8) is 0 Å². The first kappa shape index (κ1) is 24.3. The third-order valence-corrected chi connectivity index (χ3v) is 7.07. The van der Waals surface area contributed by atoms with Crippen molar-refractivity contribution in [1.82, 2.24) is 19.7 Å². The standard InChI is InChI=1S/C25H27F3N6O2/c26-25(27,28)21(33-13-1-2-14-33)17-4-6-18(7-5-17)31-22-20-19(8-12-30-23(20)35)34(32-22)24(10-11-29)9-3-15-36-16-24/h4-8,12,21H,1-3,9-10,13-16H2,(H,30,35)(H,31,32)/t21?,24-/m0/s1. The predicted octanol–water partition coefficient (Wildman–Crippen LogP) is 4.59. The number of aromatic nitrogens is 3. The third kappa shape index (κ3) is 4.47. The normalized spacial score (nSPS) is 21.9. The molecule has 2 aromatic heterocycles. The second-order valence-corrected chi connectivity index (χ2v) is 9.48. The van der Waals surface area contributed by atoms with Gasteiger partial charge in [-0.05, 0) is 62.5 Å². The molecule has 2 N–H and O–H groups in total. The Kier molecular flexibility index (Phi) is 6.49. The van der Waals surface area contributed by atoms with Crippen LogP contribution in [-0.2, 0) is 10.3 Å². The Balaban J connectivity index is 1.50. The SMILES string of the molecule is N#CC[C@@]1(n2nc(Nc3ccc(C(N4CCCC4)C(F)(F)F)cc3)c3c(=O)[nH]ccc32)CCCOC1. The molecular weight excluding hydrogens is 473 g/mol. The van der Waals surface area contributed by atoms with Crippen molar-refractivity contribution in [2.24, 2.45) is 0 Å². The van der Waals surface area contributed by atoms with Crippen molar-refractivity contribution in [2.75, 3.05) is 31.6 Å². The maximum Gasteiger partial charge on any atom is 0.408 e.